The molecule has 0 saturated heterocycles. The van der Waals surface area contributed by atoms with E-state index in [-0.39, 0.29) is 24.8 Å². The van der Waals surface area contributed by atoms with Gasteiger partial charge in [-0.2, -0.15) is 0 Å². The number of amides is 2. The molecular formula is C22H23N3O3. The van der Waals surface area contributed by atoms with Crippen molar-refractivity contribution in [2.24, 2.45) is 0 Å². The van der Waals surface area contributed by atoms with E-state index in [1.165, 1.54) is 0 Å². The van der Waals surface area contributed by atoms with Gasteiger partial charge in [0.05, 0.1) is 6.54 Å². The molecule has 3 aromatic rings. The summed E-state index contributed by atoms with van der Waals surface area (Å²) in [6, 6.07) is 19.6. The molecule has 2 amide bonds. The minimum Gasteiger partial charge on any atom is -0.440 e. The fraction of sp³-hybridized carbons (Fsp3) is 0.227. The number of carbonyl (C=O) groups is 2. The van der Waals surface area contributed by atoms with Gasteiger partial charge < -0.3 is 15.1 Å². The Hall–Kier alpha value is -3.41. The lowest BCUT2D eigenvalue weighted by atomic mass is 10.1. The van der Waals surface area contributed by atoms with Gasteiger partial charge >= 0.3 is 0 Å². The van der Waals surface area contributed by atoms with Crippen molar-refractivity contribution in [3.05, 3.63) is 66.6 Å². The third kappa shape index (κ3) is 5.07. The molecule has 3 rings (SSSR count). The predicted octanol–water partition coefficient (Wildman–Crippen LogP) is 3.19. The molecule has 0 aliphatic carbocycles. The summed E-state index contributed by atoms with van der Waals surface area (Å²) in [5.74, 6) is 0.757. The molecule has 0 bridgehead atoms. The average Bonchev–Trinajstić information content (AvgIpc) is 3.17. The Kier molecular flexibility index (Phi) is 6.57. The lowest BCUT2D eigenvalue weighted by molar-refractivity contribution is -0.126. The molecule has 6 nitrogen and oxygen atoms in total. The van der Waals surface area contributed by atoms with Crippen molar-refractivity contribution >= 4 is 11.8 Å². The van der Waals surface area contributed by atoms with E-state index in [1.807, 2.05) is 67.6 Å². The lowest BCUT2D eigenvalue weighted by Gasteiger charge is -2.04. The summed E-state index contributed by atoms with van der Waals surface area (Å²) in [5, 5.41) is 5.24. The van der Waals surface area contributed by atoms with E-state index >= 15 is 0 Å². The number of aromatic nitrogens is 1. The molecule has 0 radical (unpaired) electrons. The summed E-state index contributed by atoms with van der Waals surface area (Å²) in [5.41, 5.74) is 2.64. The van der Waals surface area contributed by atoms with E-state index in [1.54, 1.807) is 0 Å². The third-order valence-corrected chi connectivity index (χ3v) is 4.14. The van der Waals surface area contributed by atoms with Crippen LogP contribution in [-0.4, -0.2) is 29.9 Å². The number of hydrogen-bond acceptors (Lipinski definition) is 4. The van der Waals surface area contributed by atoms with Gasteiger partial charge in [0, 0.05) is 30.5 Å². The van der Waals surface area contributed by atoms with Crippen molar-refractivity contribution in [1.82, 2.24) is 15.6 Å². The first kappa shape index (κ1) is 19.4. The van der Waals surface area contributed by atoms with E-state index in [2.05, 4.69) is 15.6 Å². The number of rotatable bonds is 8. The fourth-order valence-electron chi connectivity index (χ4n) is 2.80. The zero-order chi connectivity index (χ0) is 19.8. The maximum atomic E-state index is 12.0. The molecule has 1 aromatic heterocycles. The quantitative estimate of drug-likeness (QED) is 0.631. The monoisotopic (exact) mass is 377 g/mol. The minimum absolute atomic E-state index is 0.0250. The van der Waals surface area contributed by atoms with Crippen molar-refractivity contribution in [1.29, 1.82) is 0 Å². The van der Waals surface area contributed by atoms with Gasteiger partial charge in [0.1, 0.15) is 5.69 Å². The van der Waals surface area contributed by atoms with E-state index in [0.717, 1.165) is 16.8 Å². The van der Waals surface area contributed by atoms with Crippen LogP contribution >= 0.6 is 0 Å². The molecule has 0 saturated carbocycles. The molecule has 0 spiro atoms. The van der Waals surface area contributed by atoms with Crippen LogP contribution in [-0.2, 0) is 16.0 Å². The van der Waals surface area contributed by atoms with Crippen molar-refractivity contribution < 1.29 is 14.0 Å². The minimum atomic E-state index is -0.216. The fourth-order valence-corrected chi connectivity index (χ4v) is 2.80. The molecule has 0 unspecified atom stereocenters. The lowest BCUT2D eigenvalue weighted by Crippen LogP contribution is -2.36. The van der Waals surface area contributed by atoms with Crippen molar-refractivity contribution in [3.8, 4) is 22.6 Å². The average molecular weight is 377 g/mol. The highest BCUT2D eigenvalue weighted by Gasteiger charge is 2.17. The van der Waals surface area contributed by atoms with Gasteiger partial charge in [0.15, 0.2) is 11.7 Å². The highest BCUT2D eigenvalue weighted by Crippen LogP contribution is 2.32. The third-order valence-electron chi connectivity index (χ3n) is 4.14. The van der Waals surface area contributed by atoms with Crippen LogP contribution < -0.4 is 10.6 Å². The first-order valence-electron chi connectivity index (χ1n) is 9.31. The van der Waals surface area contributed by atoms with Crippen LogP contribution in [0.25, 0.3) is 22.6 Å². The smallest absolute Gasteiger partial charge is 0.239 e. The summed E-state index contributed by atoms with van der Waals surface area (Å²) in [7, 11) is 0. The topological polar surface area (TPSA) is 84.2 Å². The number of benzene rings is 2. The van der Waals surface area contributed by atoms with Gasteiger partial charge in [0.2, 0.25) is 11.8 Å². The van der Waals surface area contributed by atoms with Crippen molar-refractivity contribution in [2.45, 2.75) is 19.8 Å². The van der Waals surface area contributed by atoms with E-state index in [0.29, 0.717) is 24.6 Å². The standard InChI is InChI=1S/C22H23N3O3/c1-2-23-19(27)15-24-18(26)13-14-20-25-21(16-9-5-3-6-10-16)22(28-20)17-11-7-4-8-12-17/h3-12H,2,13-15H2,1H3,(H,23,27)(H,24,26). The van der Waals surface area contributed by atoms with Gasteiger partial charge in [-0.15, -0.1) is 0 Å². The molecule has 0 fully saturated rings. The van der Waals surface area contributed by atoms with Crippen LogP contribution in [0.15, 0.2) is 65.1 Å². The van der Waals surface area contributed by atoms with Crippen LogP contribution in [0, 0.1) is 0 Å². The second kappa shape index (κ2) is 9.50. The van der Waals surface area contributed by atoms with Gasteiger partial charge in [0.25, 0.3) is 0 Å². The first-order valence-corrected chi connectivity index (χ1v) is 9.31. The normalized spacial score (nSPS) is 10.5. The van der Waals surface area contributed by atoms with Crippen LogP contribution in [0.2, 0.25) is 0 Å². The summed E-state index contributed by atoms with van der Waals surface area (Å²) in [6.45, 7) is 2.34. The van der Waals surface area contributed by atoms with Crippen LogP contribution in [0.3, 0.4) is 0 Å². The highest BCUT2D eigenvalue weighted by molar-refractivity contribution is 5.84. The Labute approximate surface area is 164 Å². The number of likely N-dealkylation sites (N-methyl/N-ethyl adjacent to an activating group) is 1. The SMILES string of the molecule is CCNC(=O)CNC(=O)CCc1nc(-c2ccccc2)c(-c2ccccc2)o1. The molecule has 1 heterocycles. The van der Waals surface area contributed by atoms with E-state index in [4.69, 9.17) is 4.42 Å². The number of nitrogens with one attached hydrogen (secondary N) is 2. The number of nitrogens with zero attached hydrogens (tertiary/aromatic N) is 1. The molecule has 0 aliphatic rings. The Morgan fingerprint density at radius 2 is 1.54 bits per heavy atom. The first-order chi connectivity index (χ1) is 13.7. The Balaban J connectivity index is 1.73. The van der Waals surface area contributed by atoms with Crippen LogP contribution in [0.1, 0.15) is 19.2 Å². The zero-order valence-corrected chi connectivity index (χ0v) is 15.8. The Morgan fingerprint density at radius 3 is 2.18 bits per heavy atom. The maximum absolute atomic E-state index is 12.0. The van der Waals surface area contributed by atoms with Crippen molar-refractivity contribution in [3.63, 3.8) is 0 Å². The van der Waals surface area contributed by atoms with E-state index < -0.39 is 0 Å². The molecule has 28 heavy (non-hydrogen) atoms. The number of oxazole rings is 1. The number of carbonyl (C=O) groups excluding carboxylic acids is 2. The van der Waals surface area contributed by atoms with Gasteiger partial charge in [-0.05, 0) is 6.92 Å². The second-order valence-corrected chi connectivity index (χ2v) is 6.25. The van der Waals surface area contributed by atoms with Gasteiger partial charge in [-0.1, -0.05) is 60.7 Å². The van der Waals surface area contributed by atoms with Crippen molar-refractivity contribution in [2.75, 3.05) is 13.1 Å². The molecule has 2 aromatic carbocycles. The van der Waals surface area contributed by atoms with Crippen LogP contribution in [0.4, 0.5) is 0 Å². The summed E-state index contributed by atoms with van der Waals surface area (Å²) in [4.78, 5) is 28.1. The van der Waals surface area contributed by atoms with Gasteiger partial charge in [-0.25, -0.2) is 4.98 Å². The molecule has 2 N–H and O–H groups in total. The molecule has 0 aliphatic heterocycles. The summed E-state index contributed by atoms with van der Waals surface area (Å²) in [6.07, 6.45) is 0.552. The summed E-state index contributed by atoms with van der Waals surface area (Å²) >= 11 is 0. The largest absolute Gasteiger partial charge is 0.440 e. The molecule has 0 atom stereocenters. The maximum Gasteiger partial charge on any atom is 0.239 e. The Morgan fingerprint density at radius 1 is 0.893 bits per heavy atom. The molecular weight excluding hydrogens is 354 g/mol. The summed E-state index contributed by atoms with van der Waals surface area (Å²) < 4.78 is 6.00. The van der Waals surface area contributed by atoms with Crippen LogP contribution in [0.5, 0.6) is 0 Å². The van der Waals surface area contributed by atoms with Gasteiger partial charge in [-0.3, -0.25) is 9.59 Å². The zero-order valence-electron chi connectivity index (χ0n) is 15.8. The highest BCUT2D eigenvalue weighted by atomic mass is 16.4. The second-order valence-electron chi connectivity index (χ2n) is 6.25. The van der Waals surface area contributed by atoms with E-state index in [9.17, 15) is 9.59 Å². The predicted molar refractivity (Wildman–Crippen MR) is 107 cm³/mol. The molecule has 144 valence electrons. The Bertz CT molecular complexity index is 864. The molecule has 6 heteroatoms. The number of aryl methyl sites for hydroxylation is 1. The number of hydrogen-bond donors (Lipinski definition) is 2.